The number of carbonyl (C=O) groups is 1. The third-order valence-corrected chi connectivity index (χ3v) is 6.34. The number of hydrogen-bond donors (Lipinski definition) is 1. The number of nitrogens with zero attached hydrogens (tertiary/aromatic N) is 2. The lowest BCUT2D eigenvalue weighted by atomic mass is 10.1. The standard InChI is InChI=1S/C25H33N3O2S/c1-4-16-26-21-11-6-19(7-12-21)8-15-24(29)28(17-5-2)25-27-23(18-31-25)20-9-13-22(30-3)14-10-20/h6-7,9-14,23,26H,4-5,8,15-18H2,1-3H3. The maximum Gasteiger partial charge on any atom is 0.228 e. The van der Waals surface area contributed by atoms with Crippen molar-refractivity contribution in [2.24, 2.45) is 4.99 Å². The summed E-state index contributed by atoms with van der Waals surface area (Å²) in [6.07, 6.45) is 3.25. The zero-order valence-corrected chi connectivity index (χ0v) is 19.6. The van der Waals surface area contributed by atoms with Gasteiger partial charge in [-0.3, -0.25) is 14.7 Å². The van der Waals surface area contributed by atoms with Crippen molar-refractivity contribution in [1.82, 2.24) is 4.90 Å². The fraction of sp³-hybridized carbons (Fsp3) is 0.440. The van der Waals surface area contributed by atoms with E-state index < -0.39 is 0 Å². The topological polar surface area (TPSA) is 53.9 Å². The van der Waals surface area contributed by atoms with E-state index in [4.69, 9.17) is 9.73 Å². The molecule has 166 valence electrons. The largest absolute Gasteiger partial charge is 0.497 e. The van der Waals surface area contributed by atoms with Gasteiger partial charge in [-0.05, 0) is 54.7 Å². The highest BCUT2D eigenvalue weighted by Gasteiger charge is 2.27. The molecular weight excluding hydrogens is 406 g/mol. The van der Waals surface area contributed by atoms with Gasteiger partial charge < -0.3 is 10.1 Å². The van der Waals surface area contributed by atoms with Gasteiger partial charge >= 0.3 is 0 Å². The van der Waals surface area contributed by atoms with E-state index in [0.717, 1.165) is 53.7 Å². The Labute approximate surface area is 190 Å². The number of benzene rings is 2. The first kappa shape index (κ1) is 23.2. The minimum atomic E-state index is 0.0845. The first-order valence-corrected chi connectivity index (χ1v) is 12.1. The normalized spacial score (nSPS) is 15.5. The highest BCUT2D eigenvalue weighted by molar-refractivity contribution is 8.14. The summed E-state index contributed by atoms with van der Waals surface area (Å²) in [5.41, 5.74) is 3.47. The number of anilines is 1. The lowest BCUT2D eigenvalue weighted by Crippen LogP contribution is -2.35. The van der Waals surface area contributed by atoms with E-state index in [0.29, 0.717) is 13.0 Å². The molecular formula is C25H33N3O2S. The van der Waals surface area contributed by atoms with Crippen LogP contribution in [0.1, 0.15) is 50.3 Å². The third kappa shape index (κ3) is 6.50. The fourth-order valence-electron chi connectivity index (χ4n) is 3.50. The molecule has 2 aromatic rings. The van der Waals surface area contributed by atoms with Crippen LogP contribution < -0.4 is 10.1 Å². The average Bonchev–Trinajstić information content (AvgIpc) is 3.30. The molecule has 1 aliphatic rings. The van der Waals surface area contributed by atoms with Crippen LogP contribution in [0.2, 0.25) is 0 Å². The Hall–Kier alpha value is -2.47. The number of amides is 1. The van der Waals surface area contributed by atoms with E-state index in [9.17, 15) is 4.79 Å². The van der Waals surface area contributed by atoms with Crippen LogP contribution in [0, 0.1) is 0 Å². The summed E-state index contributed by atoms with van der Waals surface area (Å²) in [6, 6.07) is 16.5. The SMILES string of the molecule is CCCNc1ccc(CCC(=O)N(CCC)C2=NC(c3ccc(OC)cc3)CS2)cc1. The monoisotopic (exact) mass is 439 g/mol. The van der Waals surface area contributed by atoms with Gasteiger partial charge in [-0.25, -0.2) is 0 Å². The van der Waals surface area contributed by atoms with Gasteiger partial charge in [-0.15, -0.1) is 0 Å². The van der Waals surface area contributed by atoms with Gasteiger partial charge in [-0.2, -0.15) is 0 Å². The summed E-state index contributed by atoms with van der Waals surface area (Å²) >= 11 is 1.68. The van der Waals surface area contributed by atoms with Gasteiger partial charge in [0.25, 0.3) is 0 Å². The van der Waals surface area contributed by atoms with Gasteiger partial charge in [0.05, 0.1) is 13.2 Å². The summed E-state index contributed by atoms with van der Waals surface area (Å²) < 4.78 is 5.24. The Balaban J connectivity index is 1.60. The van der Waals surface area contributed by atoms with Crippen LogP contribution in [0.25, 0.3) is 0 Å². The van der Waals surface area contributed by atoms with Crippen LogP contribution in [-0.4, -0.2) is 41.9 Å². The second kappa shape index (κ2) is 11.8. The van der Waals surface area contributed by atoms with Gasteiger partial charge in [0, 0.05) is 31.0 Å². The summed E-state index contributed by atoms with van der Waals surface area (Å²) in [4.78, 5) is 19.8. The molecule has 1 unspecified atom stereocenters. The third-order valence-electron chi connectivity index (χ3n) is 5.28. The zero-order chi connectivity index (χ0) is 22.1. The molecule has 0 bridgehead atoms. The Morgan fingerprint density at radius 1 is 1.13 bits per heavy atom. The number of carbonyl (C=O) groups excluding carboxylic acids is 1. The molecule has 1 aliphatic heterocycles. The Bertz CT molecular complexity index is 865. The smallest absolute Gasteiger partial charge is 0.228 e. The number of rotatable bonds is 10. The van der Waals surface area contributed by atoms with E-state index in [1.165, 1.54) is 5.56 Å². The van der Waals surface area contributed by atoms with Crippen molar-refractivity contribution in [3.8, 4) is 5.75 Å². The average molecular weight is 440 g/mol. The predicted molar refractivity (Wildman–Crippen MR) is 131 cm³/mol. The number of aryl methyl sites for hydroxylation is 1. The van der Waals surface area contributed by atoms with Crippen molar-refractivity contribution in [3.63, 3.8) is 0 Å². The van der Waals surface area contributed by atoms with E-state index >= 15 is 0 Å². The van der Waals surface area contributed by atoms with Crippen molar-refractivity contribution in [3.05, 3.63) is 59.7 Å². The molecule has 31 heavy (non-hydrogen) atoms. The molecule has 5 nitrogen and oxygen atoms in total. The maximum atomic E-state index is 13.0. The van der Waals surface area contributed by atoms with E-state index in [1.807, 2.05) is 17.0 Å². The van der Waals surface area contributed by atoms with Crippen LogP contribution >= 0.6 is 11.8 Å². The number of nitrogens with one attached hydrogen (secondary N) is 1. The van der Waals surface area contributed by atoms with E-state index in [-0.39, 0.29) is 11.9 Å². The van der Waals surface area contributed by atoms with Crippen molar-refractivity contribution < 1.29 is 9.53 Å². The van der Waals surface area contributed by atoms with Crippen LogP contribution in [0.3, 0.4) is 0 Å². The molecule has 1 heterocycles. The molecule has 3 rings (SSSR count). The summed E-state index contributed by atoms with van der Waals surface area (Å²) in [7, 11) is 1.67. The minimum Gasteiger partial charge on any atom is -0.497 e. The number of amidine groups is 1. The van der Waals surface area contributed by atoms with Crippen molar-refractivity contribution in [2.75, 3.05) is 31.3 Å². The molecule has 1 N–H and O–H groups in total. The number of hydrogen-bond acceptors (Lipinski definition) is 5. The van der Waals surface area contributed by atoms with Gasteiger partial charge in [-0.1, -0.05) is 49.9 Å². The van der Waals surface area contributed by atoms with Crippen molar-refractivity contribution >= 4 is 28.5 Å². The van der Waals surface area contributed by atoms with Gasteiger partial charge in [0.2, 0.25) is 5.91 Å². The van der Waals surface area contributed by atoms with Gasteiger partial charge in [0.1, 0.15) is 5.75 Å². The molecule has 1 atom stereocenters. The lowest BCUT2D eigenvalue weighted by molar-refractivity contribution is -0.127. The molecule has 0 fully saturated rings. The molecule has 6 heteroatoms. The van der Waals surface area contributed by atoms with Crippen molar-refractivity contribution in [1.29, 1.82) is 0 Å². The molecule has 0 saturated heterocycles. The van der Waals surface area contributed by atoms with Crippen molar-refractivity contribution in [2.45, 2.75) is 45.6 Å². The number of aliphatic imine (C=N–C) groups is 1. The van der Waals surface area contributed by atoms with Crippen LogP contribution in [0.15, 0.2) is 53.5 Å². The summed E-state index contributed by atoms with van der Waals surface area (Å²) in [6.45, 7) is 5.94. The second-order valence-corrected chi connectivity index (χ2v) is 8.67. The molecule has 0 aromatic heterocycles. The predicted octanol–water partition coefficient (Wildman–Crippen LogP) is 5.53. The molecule has 0 saturated carbocycles. The minimum absolute atomic E-state index is 0.0845. The molecule has 0 radical (unpaired) electrons. The molecule has 0 aliphatic carbocycles. The zero-order valence-electron chi connectivity index (χ0n) is 18.8. The Kier molecular flexibility index (Phi) is 8.83. The summed E-state index contributed by atoms with van der Waals surface area (Å²) in [5.74, 6) is 1.86. The number of methoxy groups -OCH3 is 1. The quantitative estimate of drug-likeness (QED) is 0.529. The first-order valence-electron chi connectivity index (χ1n) is 11.1. The highest BCUT2D eigenvalue weighted by Crippen LogP contribution is 2.33. The second-order valence-electron chi connectivity index (χ2n) is 7.68. The fourth-order valence-corrected chi connectivity index (χ4v) is 4.63. The van der Waals surface area contributed by atoms with E-state index in [1.54, 1.807) is 18.9 Å². The Morgan fingerprint density at radius 3 is 2.52 bits per heavy atom. The van der Waals surface area contributed by atoms with E-state index in [2.05, 4.69) is 55.6 Å². The first-order chi connectivity index (χ1) is 15.1. The van der Waals surface area contributed by atoms with Crippen LogP contribution in [-0.2, 0) is 11.2 Å². The molecule has 1 amide bonds. The van der Waals surface area contributed by atoms with Crippen LogP contribution in [0.5, 0.6) is 5.75 Å². The maximum absolute atomic E-state index is 13.0. The number of ether oxygens (including phenoxy) is 1. The lowest BCUT2D eigenvalue weighted by Gasteiger charge is -2.21. The molecule has 2 aromatic carbocycles. The number of thioether (sulfide) groups is 1. The van der Waals surface area contributed by atoms with Crippen LogP contribution in [0.4, 0.5) is 5.69 Å². The summed E-state index contributed by atoms with van der Waals surface area (Å²) in [5, 5.41) is 4.24. The van der Waals surface area contributed by atoms with Gasteiger partial charge in [0.15, 0.2) is 5.17 Å². The highest BCUT2D eigenvalue weighted by atomic mass is 32.2. The molecule has 0 spiro atoms. The Morgan fingerprint density at radius 2 is 1.87 bits per heavy atom.